The molecule has 1 atom stereocenters. The molecule has 23 heavy (non-hydrogen) atoms. The molecule has 0 aliphatic carbocycles. The van der Waals surface area contributed by atoms with E-state index < -0.39 is 6.10 Å². The highest BCUT2D eigenvalue weighted by atomic mass is 16.3. The summed E-state index contributed by atoms with van der Waals surface area (Å²) in [6.45, 7) is 4.47. The summed E-state index contributed by atoms with van der Waals surface area (Å²) in [5.41, 5.74) is 1.99. The summed E-state index contributed by atoms with van der Waals surface area (Å²) in [4.78, 5) is 25.7. The molecule has 2 aromatic rings. The number of benzene rings is 1. The van der Waals surface area contributed by atoms with Crippen LogP contribution >= 0.6 is 0 Å². The van der Waals surface area contributed by atoms with Gasteiger partial charge >= 0.3 is 0 Å². The topological polar surface area (TPSA) is 62.5 Å². The van der Waals surface area contributed by atoms with Crippen molar-refractivity contribution < 1.29 is 9.90 Å². The van der Waals surface area contributed by atoms with Crippen molar-refractivity contribution in [2.24, 2.45) is 7.05 Å². The maximum Gasteiger partial charge on any atom is 0.254 e. The third-order valence-corrected chi connectivity index (χ3v) is 3.88. The van der Waals surface area contributed by atoms with E-state index in [1.807, 2.05) is 38.1 Å². The minimum absolute atomic E-state index is 0.188. The Labute approximate surface area is 135 Å². The molecule has 1 aromatic heterocycles. The number of aliphatic hydroxyl groups is 1. The van der Waals surface area contributed by atoms with Gasteiger partial charge in [0, 0.05) is 31.4 Å². The van der Waals surface area contributed by atoms with Gasteiger partial charge in [-0.25, -0.2) is 0 Å². The lowest BCUT2D eigenvalue weighted by atomic mass is 10.1. The molecule has 0 saturated heterocycles. The predicted molar refractivity (Wildman–Crippen MR) is 89.4 cm³/mol. The average Bonchev–Trinajstić information content (AvgIpc) is 2.55. The lowest BCUT2D eigenvalue weighted by Crippen LogP contribution is -2.35. The Morgan fingerprint density at radius 2 is 1.91 bits per heavy atom. The van der Waals surface area contributed by atoms with Gasteiger partial charge in [0.15, 0.2) is 0 Å². The summed E-state index contributed by atoms with van der Waals surface area (Å²) in [7, 11) is 1.63. The second kappa shape index (κ2) is 7.24. The van der Waals surface area contributed by atoms with E-state index in [1.165, 1.54) is 10.6 Å². The molecule has 5 heteroatoms. The number of pyridine rings is 1. The van der Waals surface area contributed by atoms with Crippen molar-refractivity contribution in [2.45, 2.75) is 20.0 Å². The van der Waals surface area contributed by atoms with Gasteiger partial charge in [0.2, 0.25) is 0 Å². The molecule has 0 aliphatic rings. The second-order valence-corrected chi connectivity index (χ2v) is 5.63. The number of carbonyl (C=O) groups excluding carboxylic acids is 1. The molecular formula is C18H22N2O3. The molecule has 0 aliphatic heterocycles. The monoisotopic (exact) mass is 314 g/mol. The van der Waals surface area contributed by atoms with Gasteiger partial charge in [-0.2, -0.15) is 0 Å². The molecule has 0 saturated carbocycles. The molecular weight excluding hydrogens is 292 g/mol. The fourth-order valence-electron chi connectivity index (χ4n) is 2.32. The molecule has 0 spiro atoms. The summed E-state index contributed by atoms with van der Waals surface area (Å²) in [6, 6.07) is 10.5. The first-order valence-electron chi connectivity index (χ1n) is 7.63. The summed E-state index contributed by atoms with van der Waals surface area (Å²) >= 11 is 0. The van der Waals surface area contributed by atoms with Crippen LogP contribution in [0.2, 0.25) is 0 Å². The van der Waals surface area contributed by atoms with Crippen LogP contribution < -0.4 is 5.56 Å². The molecule has 0 fully saturated rings. The number of rotatable bonds is 5. The van der Waals surface area contributed by atoms with E-state index in [-0.39, 0.29) is 18.0 Å². The number of aromatic nitrogens is 1. The SMILES string of the molecule is CCN(CC(O)c1ccc(C)cc1)C(=O)c1ccn(C)c(=O)c1. The molecule has 0 bridgehead atoms. The van der Waals surface area contributed by atoms with E-state index in [2.05, 4.69) is 0 Å². The fraction of sp³-hybridized carbons (Fsp3) is 0.333. The zero-order chi connectivity index (χ0) is 17.0. The van der Waals surface area contributed by atoms with E-state index in [1.54, 1.807) is 24.2 Å². The fourth-order valence-corrected chi connectivity index (χ4v) is 2.32. The number of likely N-dealkylation sites (N-methyl/N-ethyl adjacent to an activating group) is 1. The van der Waals surface area contributed by atoms with Gasteiger partial charge in [-0.1, -0.05) is 29.8 Å². The Morgan fingerprint density at radius 1 is 1.26 bits per heavy atom. The Kier molecular flexibility index (Phi) is 5.34. The minimum atomic E-state index is -0.758. The molecule has 5 nitrogen and oxygen atoms in total. The number of amides is 1. The van der Waals surface area contributed by atoms with Crippen LogP contribution in [0.15, 0.2) is 47.4 Å². The quantitative estimate of drug-likeness (QED) is 0.917. The first kappa shape index (κ1) is 17.0. The molecule has 1 aromatic carbocycles. The van der Waals surface area contributed by atoms with E-state index >= 15 is 0 Å². The van der Waals surface area contributed by atoms with Crippen molar-refractivity contribution in [1.82, 2.24) is 9.47 Å². The third-order valence-electron chi connectivity index (χ3n) is 3.88. The zero-order valence-electron chi connectivity index (χ0n) is 13.7. The number of hydrogen-bond acceptors (Lipinski definition) is 3. The molecule has 122 valence electrons. The summed E-state index contributed by atoms with van der Waals surface area (Å²) in [5, 5.41) is 10.3. The molecule has 2 rings (SSSR count). The van der Waals surface area contributed by atoms with E-state index in [0.29, 0.717) is 12.1 Å². The first-order chi connectivity index (χ1) is 10.9. The highest BCUT2D eigenvalue weighted by Crippen LogP contribution is 2.16. The van der Waals surface area contributed by atoms with Gasteiger partial charge in [0.25, 0.3) is 11.5 Å². The average molecular weight is 314 g/mol. The summed E-state index contributed by atoms with van der Waals surface area (Å²) in [6.07, 6.45) is 0.811. The minimum Gasteiger partial charge on any atom is -0.387 e. The molecule has 1 heterocycles. The van der Waals surface area contributed by atoms with Crippen LogP contribution in [0.4, 0.5) is 0 Å². The van der Waals surface area contributed by atoms with Crippen molar-refractivity contribution in [1.29, 1.82) is 0 Å². The Hall–Kier alpha value is -2.40. The number of hydrogen-bond donors (Lipinski definition) is 1. The van der Waals surface area contributed by atoms with Gasteiger partial charge in [-0.15, -0.1) is 0 Å². The highest BCUT2D eigenvalue weighted by Gasteiger charge is 2.19. The smallest absolute Gasteiger partial charge is 0.254 e. The van der Waals surface area contributed by atoms with Crippen molar-refractivity contribution >= 4 is 5.91 Å². The number of aryl methyl sites for hydroxylation is 2. The third kappa shape index (κ3) is 4.07. The van der Waals surface area contributed by atoms with Gasteiger partial charge < -0.3 is 14.6 Å². The lowest BCUT2D eigenvalue weighted by Gasteiger charge is -2.24. The second-order valence-electron chi connectivity index (χ2n) is 5.63. The maximum absolute atomic E-state index is 12.5. The van der Waals surface area contributed by atoms with Crippen molar-refractivity contribution in [3.63, 3.8) is 0 Å². The number of carbonyl (C=O) groups is 1. The summed E-state index contributed by atoms with van der Waals surface area (Å²) < 4.78 is 1.41. The van der Waals surface area contributed by atoms with Gasteiger partial charge in [-0.05, 0) is 25.5 Å². The Balaban J connectivity index is 2.15. The standard InChI is InChI=1S/C18H22N2O3/c1-4-20(12-16(21)14-7-5-13(2)6-8-14)18(23)15-9-10-19(3)17(22)11-15/h5-11,16,21H,4,12H2,1-3H3. The van der Waals surface area contributed by atoms with Crippen LogP contribution in [0.5, 0.6) is 0 Å². The van der Waals surface area contributed by atoms with Gasteiger partial charge in [-0.3, -0.25) is 9.59 Å². The Morgan fingerprint density at radius 3 is 2.48 bits per heavy atom. The molecule has 1 amide bonds. The van der Waals surface area contributed by atoms with Crippen LogP contribution in [0, 0.1) is 6.92 Å². The Bertz CT molecular complexity index is 735. The summed E-state index contributed by atoms with van der Waals surface area (Å²) in [5.74, 6) is -0.253. The molecule has 0 radical (unpaired) electrons. The van der Waals surface area contributed by atoms with Crippen LogP contribution in [0.25, 0.3) is 0 Å². The number of aliphatic hydroxyl groups excluding tert-OH is 1. The zero-order valence-corrected chi connectivity index (χ0v) is 13.7. The maximum atomic E-state index is 12.5. The van der Waals surface area contributed by atoms with Crippen molar-refractivity contribution in [3.05, 3.63) is 69.6 Å². The van der Waals surface area contributed by atoms with Crippen LogP contribution in [-0.4, -0.2) is 33.6 Å². The van der Waals surface area contributed by atoms with Crippen LogP contribution in [0.1, 0.15) is 34.5 Å². The van der Waals surface area contributed by atoms with E-state index in [0.717, 1.165) is 11.1 Å². The molecule has 1 N–H and O–H groups in total. The first-order valence-corrected chi connectivity index (χ1v) is 7.63. The van der Waals surface area contributed by atoms with Crippen molar-refractivity contribution in [3.8, 4) is 0 Å². The van der Waals surface area contributed by atoms with E-state index in [4.69, 9.17) is 0 Å². The van der Waals surface area contributed by atoms with Gasteiger partial charge in [0.05, 0.1) is 12.6 Å². The number of nitrogens with zero attached hydrogens (tertiary/aromatic N) is 2. The van der Waals surface area contributed by atoms with Crippen LogP contribution in [-0.2, 0) is 7.05 Å². The van der Waals surface area contributed by atoms with Crippen LogP contribution in [0.3, 0.4) is 0 Å². The lowest BCUT2D eigenvalue weighted by molar-refractivity contribution is 0.0634. The van der Waals surface area contributed by atoms with Gasteiger partial charge in [0.1, 0.15) is 0 Å². The van der Waals surface area contributed by atoms with E-state index in [9.17, 15) is 14.7 Å². The molecule has 1 unspecified atom stereocenters. The normalized spacial score (nSPS) is 12.0. The predicted octanol–water partition coefficient (Wildman–Crippen LogP) is 1.89. The van der Waals surface area contributed by atoms with Crippen molar-refractivity contribution in [2.75, 3.05) is 13.1 Å². The largest absolute Gasteiger partial charge is 0.387 e. The highest BCUT2D eigenvalue weighted by molar-refractivity contribution is 5.94.